The van der Waals surface area contributed by atoms with E-state index in [4.69, 9.17) is 4.74 Å². The van der Waals surface area contributed by atoms with Crippen LogP contribution in [-0.4, -0.2) is 48.2 Å². The van der Waals surface area contributed by atoms with Gasteiger partial charge in [-0.1, -0.05) is 6.92 Å². The summed E-state index contributed by atoms with van der Waals surface area (Å²) < 4.78 is 36.5. The fourth-order valence-electron chi connectivity index (χ4n) is 1.66. The minimum atomic E-state index is -3.70. The zero-order chi connectivity index (χ0) is 15.9. The van der Waals surface area contributed by atoms with Gasteiger partial charge in [0.25, 0.3) is 0 Å². The lowest BCUT2D eigenvalue weighted by Crippen LogP contribution is -2.32. The molecule has 0 heterocycles. The number of methoxy groups -OCH3 is 2. The molecule has 0 bridgehead atoms. The first kappa shape index (κ1) is 20.6. The molecule has 0 saturated carbocycles. The Labute approximate surface area is 136 Å². The van der Waals surface area contributed by atoms with Crippen LogP contribution in [0.1, 0.15) is 17.3 Å². The van der Waals surface area contributed by atoms with E-state index in [0.717, 1.165) is 6.54 Å². The average Bonchev–Trinajstić information content (AvgIpc) is 2.50. The van der Waals surface area contributed by atoms with Crippen molar-refractivity contribution in [2.75, 3.05) is 33.9 Å². The third-order valence-corrected chi connectivity index (χ3v) is 4.22. The molecule has 2 N–H and O–H groups in total. The number of hydrogen-bond donors (Lipinski definition) is 2. The summed E-state index contributed by atoms with van der Waals surface area (Å²) in [6.45, 7) is 3.48. The molecular formula is C13H21ClN2O5S. The molecule has 0 atom stereocenters. The topological polar surface area (TPSA) is 93.7 Å². The van der Waals surface area contributed by atoms with Crippen LogP contribution in [0.25, 0.3) is 0 Å². The van der Waals surface area contributed by atoms with Crippen molar-refractivity contribution < 1.29 is 22.7 Å². The zero-order valence-corrected chi connectivity index (χ0v) is 14.3. The van der Waals surface area contributed by atoms with Gasteiger partial charge in [-0.25, -0.2) is 17.9 Å². The molecule has 0 aliphatic carbocycles. The zero-order valence-electron chi connectivity index (χ0n) is 12.7. The predicted octanol–water partition coefficient (Wildman–Crippen LogP) is 0.791. The molecule has 0 saturated heterocycles. The van der Waals surface area contributed by atoms with Crippen molar-refractivity contribution in [2.24, 2.45) is 0 Å². The molecule has 0 fully saturated rings. The molecule has 0 spiro atoms. The predicted molar refractivity (Wildman–Crippen MR) is 85.3 cm³/mol. The molecule has 1 rings (SSSR count). The van der Waals surface area contributed by atoms with Crippen LogP contribution in [0.15, 0.2) is 23.1 Å². The summed E-state index contributed by atoms with van der Waals surface area (Å²) in [5.41, 5.74) is 0.223. The van der Waals surface area contributed by atoms with Crippen LogP contribution in [0.5, 0.6) is 5.75 Å². The van der Waals surface area contributed by atoms with E-state index in [2.05, 4.69) is 14.8 Å². The molecule has 7 nitrogen and oxygen atoms in total. The minimum Gasteiger partial charge on any atom is -0.495 e. The van der Waals surface area contributed by atoms with E-state index in [1.54, 1.807) is 0 Å². The van der Waals surface area contributed by atoms with E-state index in [0.29, 0.717) is 6.54 Å². The first-order valence-electron chi connectivity index (χ1n) is 6.43. The Morgan fingerprint density at radius 1 is 1.23 bits per heavy atom. The van der Waals surface area contributed by atoms with E-state index in [-0.39, 0.29) is 35.2 Å². The number of likely N-dealkylation sites (N-methyl/N-ethyl adjacent to an activating group) is 1. The number of ether oxygens (including phenoxy) is 2. The van der Waals surface area contributed by atoms with Crippen molar-refractivity contribution in [1.82, 2.24) is 10.0 Å². The van der Waals surface area contributed by atoms with Gasteiger partial charge in [0.15, 0.2) is 0 Å². The number of esters is 1. The van der Waals surface area contributed by atoms with Gasteiger partial charge in [-0.15, -0.1) is 12.4 Å². The molecule has 0 aliphatic heterocycles. The van der Waals surface area contributed by atoms with E-state index in [1.807, 2.05) is 6.92 Å². The van der Waals surface area contributed by atoms with Gasteiger partial charge >= 0.3 is 5.97 Å². The molecule has 1 aromatic rings. The molecule has 22 heavy (non-hydrogen) atoms. The summed E-state index contributed by atoms with van der Waals surface area (Å²) in [5, 5.41) is 3.01. The van der Waals surface area contributed by atoms with Crippen molar-refractivity contribution >= 4 is 28.4 Å². The van der Waals surface area contributed by atoms with Crippen molar-refractivity contribution in [2.45, 2.75) is 11.8 Å². The van der Waals surface area contributed by atoms with Crippen LogP contribution >= 0.6 is 12.4 Å². The molecule has 0 aromatic heterocycles. The van der Waals surface area contributed by atoms with Gasteiger partial charge in [0, 0.05) is 13.1 Å². The Kier molecular flexibility index (Phi) is 9.03. The Bertz CT molecular complexity index is 592. The second kappa shape index (κ2) is 9.62. The highest BCUT2D eigenvalue weighted by molar-refractivity contribution is 7.89. The number of nitrogens with one attached hydrogen (secondary N) is 2. The summed E-state index contributed by atoms with van der Waals surface area (Å²) in [4.78, 5) is 11.4. The highest BCUT2D eigenvalue weighted by Crippen LogP contribution is 2.25. The smallest absolute Gasteiger partial charge is 0.337 e. The molecule has 126 valence electrons. The number of rotatable bonds is 8. The normalized spacial score (nSPS) is 10.7. The standard InChI is InChI=1S/C13H20N2O5S.ClH/c1-4-14-7-8-15-21(17,18)12-6-5-10(13(16)20-3)9-11(12)19-2;/h5-6,9,14-15H,4,7-8H2,1-3H3;1H. The summed E-state index contributed by atoms with van der Waals surface area (Å²) in [5.74, 6) is -0.466. The van der Waals surface area contributed by atoms with Crippen LogP contribution in [-0.2, 0) is 14.8 Å². The fraction of sp³-hybridized carbons (Fsp3) is 0.462. The van der Waals surface area contributed by atoms with Crippen molar-refractivity contribution in [3.63, 3.8) is 0 Å². The maximum atomic E-state index is 12.2. The van der Waals surface area contributed by atoms with E-state index < -0.39 is 16.0 Å². The van der Waals surface area contributed by atoms with Crippen molar-refractivity contribution in [3.05, 3.63) is 23.8 Å². The molecule has 0 radical (unpaired) electrons. The van der Waals surface area contributed by atoms with E-state index in [1.165, 1.54) is 32.4 Å². The third kappa shape index (κ3) is 5.45. The van der Waals surface area contributed by atoms with Crippen molar-refractivity contribution in [3.8, 4) is 5.75 Å². The summed E-state index contributed by atoms with van der Waals surface area (Å²) in [6, 6.07) is 4.04. The highest BCUT2D eigenvalue weighted by Gasteiger charge is 2.20. The number of halogens is 1. The quantitative estimate of drug-likeness (QED) is 0.530. The second-order valence-corrected chi connectivity index (χ2v) is 5.84. The third-order valence-electron chi connectivity index (χ3n) is 2.72. The van der Waals surface area contributed by atoms with Gasteiger partial charge in [0.2, 0.25) is 10.0 Å². The number of carbonyl (C=O) groups excluding carboxylic acids is 1. The van der Waals surface area contributed by atoms with E-state index in [9.17, 15) is 13.2 Å². The Balaban J connectivity index is 0.00000441. The Morgan fingerprint density at radius 3 is 2.45 bits per heavy atom. The highest BCUT2D eigenvalue weighted by atomic mass is 35.5. The number of carbonyl (C=O) groups is 1. The molecular weight excluding hydrogens is 332 g/mol. The van der Waals surface area contributed by atoms with Gasteiger partial charge in [-0.3, -0.25) is 0 Å². The monoisotopic (exact) mass is 352 g/mol. The maximum Gasteiger partial charge on any atom is 0.337 e. The SMILES string of the molecule is CCNCCNS(=O)(=O)c1ccc(C(=O)OC)cc1OC.Cl. The molecule has 1 aromatic carbocycles. The molecule has 0 unspecified atom stereocenters. The van der Waals surface area contributed by atoms with Crippen LogP contribution in [0.4, 0.5) is 0 Å². The van der Waals surface area contributed by atoms with Gasteiger partial charge in [0.05, 0.1) is 19.8 Å². The largest absolute Gasteiger partial charge is 0.495 e. The number of benzene rings is 1. The maximum absolute atomic E-state index is 12.2. The Hall–Kier alpha value is -1.35. The van der Waals surface area contributed by atoms with Crippen LogP contribution in [0.3, 0.4) is 0 Å². The number of sulfonamides is 1. The van der Waals surface area contributed by atoms with Crippen molar-refractivity contribution in [1.29, 1.82) is 0 Å². The lowest BCUT2D eigenvalue weighted by Gasteiger charge is -2.12. The average molecular weight is 353 g/mol. The fourth-order valence-corrected chi connectivity index (χ4v) is 2.84. The summed E-state index contributed by atoms with van der Waals surface area (Å²) >= 11 is 0. The number of hydrogen-bond acceptors (Lipinski definition) is 6. The first-order valence-corrected chi connectivity index (χ1v) is 7.91. The lowest BCUT2D eigenvalue weighted by atomic mass is 10.2. The van der Waals surface area contributed by atoms with Gasteiger partial charge < -0.3 is 14.8 Å². The summed E-state index contributed by atoms with van der Waals surface area (Å²) in [6.07, 6.45) is 0. The lowest BCUT2D eigenvalue weighted by molar-refractivity contribution is 0.0600. The van der Waals surface area contributed by atoms with Crippen LogP contribution in [0, 0.1) is 0 Å². The van der Waals surface area contributed by atoms with Gasteiger partial charge in [-0.05, 0) is 24.7 Å². The van der Waals surface area contributed by atoms with Gasteiger partial charge in [-0.2, -0.15) is 0 Å². The molecule has 9 heteroatoms. The first-order chi connectivity index (χ1) is 9.96. The molecule has 0 aliphatic rings. The van der Waals surface area contributed by atoms with Crippen LogP contribution < -0.4 is 14.8 Å². The molecule has 0 amide bonds. The minimum absolute atomic E-state index is 0. The Morgan fingerprint density at radius 2 is 1.91 bits per heavy atom. The van der Waals surface area contributed by atoms with Crippen LogP contribution in [0.2, 0.25) is 0 Å². The van der Waals surface area contributed by atoms with E-state index >= 15 is 0 Å². The second-order valence-electron chi connectivity index (χ2n) is 4.11. The summed E-state index contributed by atoms with van der Waals surface area (Å²) in [7, 11) is -1.11. The van der Waals surface area contributed by atoms with Gasteiger partial charge in [0.1, 0.15) is 10.6 Å².